The van der Waals surface area contributed by atoms with Gasteiger partial charge < -0.3 is 15.5 Å². The highest BCUT2D eigenvalue weighted by atomic mass is 35.5. The summed E-state index contributed by atoms with van der Waals surface area (Å²) >= 11 is 0. The van der Waals surface area contributed by atoms with E-state index in [1.165, 1.54) is 25.7 Å². The van der Waals surface area contributed by atoms with Crippen molar-refractivity contribution < 1.29 is 10.2 Å². The van der Waals surface area contributed by atoms with E-state index in [0.29, 0.717) is 11.7 Å². The van der Waals surface area contributed by atoms with Crippen LogP contribution < -0.4 is 5.32 Å². The largest absolute Gasteiger partial charge is 0.508 e. The van der Waals surface area contributed by atoms with Gasteiger partial charge in [0.2, 0.25) is 0 Å². The molecule has 0 amide bonds. The molecule has 1 atom stereocenters. The molecule has 1 aliphatic carbocycles. The maximum atomic E-state index is 10.2. The van der Waals surface area contributed by atoms with Crippen LogP contribution in [-0.4, -0.2) is 41.3 Å². The highest BCUT2D eigenvalue weighted by Gasteiger charge is 2.33. The van der Waals surface area contributed by atoms with Crippen molar-refractivity contribution in [2.45, 2.75) is 31.7 Å². The van der Waals surface area contributed by atoms with Gasteiger partial charge in [-0.2, -0.15) is 0 Å². The maximum Gasteiger partial charge on any atom is 0.120 e. The zero-order valence-electron chi connectivity index (χ0n) is 12.7. The van der Waals surface area contributed by atoms with Crippen molar-refractivity contribution in [1.82, 2.24) is 10.2 Å². The van der Waals surface area contributed by atoms with Crippen LogP contribution in [0.5, 0.6) is 11.5 Å². The maximum absolute atomic E-state index is 10.2. The molecule has 0 unspecified atom stereocenters. The van der Waals surface area contributed by atoms with E-state index in [-0.39, 0.29) is 36.6 Å². The Bertz CT molecular complexity index is 461. The second-order valence-corrected chi connectivity index (χ2v) is 6.02. The lowest BCUT2D eigenvalue weighted by molar-refractivity contribution is 0.123. The van der Waals surface area contributed by atoms with Crippen molar-refractivity contribution in [3.05, 3.63) is 23.8 Å². The fourth-order valence-corrected chi connectivity index (χ4v) is 3.76. The van der Waals surface area contributed by atoms with Crippen molar-refractivity contribution in [1.29, 1.82) is 0 Å². The first-order valence-electron chi connectivity index (χ1n) is 7.72. The molecule has 126 valence electrons. The molecule has 4 nitrogen and oxygen atoms in total. The minimum absolute atomic E-state index is 0. The minimum Gasteiger partial charge on any atom is -0.508 e. The number of hydrogen-bond donors (Lipinski definition) is 3. The van der Waals surface area contributed by atoms with Gasteiger partial charge >= 0.3 is 0 Å². The average Bonchev–Trinajstić information content (AvgIpc) is 2.98. The predicted molar refractivity (Wildman–Crippen MR) is 93.4 cm³/mol. The van der Waals surface area contributed by atoms with Gasteiger partial charge in [-0.25, -0.2) is 0 Å². The molecule has 1 aromatic carbocycles. The Morgan fingerprint density at radius 3 is 2.32 bits per heavy atom. The topological polar surface area (TPSA) is 55.7 Å². The number of phenolic OH excluding ortho intramolecular Hbond substituents is 2. The summed E-state index contributed by atoms with van der Waals surface area (Å²) < 4.78 is 0. The zero-order chi connectivity index (χ0) is 13.9. The van der Waals surface area contributed by atoms with E-state index in [1.807, 2.05) is 0 Å². The van der Waals surface area contributed by atoms with Crippen LogP contribution >= 0.6 is 24.8 Å². The summed E-state index contributed by atoms with van der Waals surface area (Å²) in [7, 11) is 0. The number of nitrogens with zero attached hydrogens (tertiary/aromatic N) is 1. The van der Waals surface area contributed by atoms with Crippen LogP contribution in [0.4, 0.5) is 0 Å². The molecule has 2 aliphatic rings. The number of nitrogens with one attached hydrogen (secondary N) is 1. The predicted octanol–water partition coefficient (Wildman–Crippen LogP) is 3.08. The molecule has 1 saturated heterocycles. The summed E-state index contributed by atoms with van der Waals surface area (Å²) in [6.07, 6.45) is 5.02. The second kappa shape index (κ2) is 8.82. The Morgan fingerprint density at radius 2 is 1.68 bits per heavy atom. The summed E-state index contributed by atoms with van der Waals surface area (Å²) in [5.41, 5.74) is 0.902. The molecule has 0 spiro atoms. The van der Waals surface area contributed by atoms with E-state index in [0.717, 1.165) is 31.7 Å². The number of benzene rings is 1. The molecule has 0 bridgehead atoms. The highest BCUT2D eigenvalue weighted by Crippen LogP contribution is 2.43. The summed E-state index contributed by atoms with van der Waals surface area (Å²) in [6.45, 7) is 4.03. The number of piperazine rings is 1. The van der Waals surface area contributed by atoms with E-state index in [2.05, 4.69) is 10.2 Å². The second-order valence-electron chi connectivity index (χ2n) is 6.02. The molecule has 6 heteroatoms. The molecule has 1 heterocycles. The fraction of sp³-hybridized carbons (Fsp3) is 0.625. The Hall–Kier alpha value is -0.680. The lowest BCUT2D eigenvalue weighted by Crippen LogP contribution is -2.46. The first kappa shape index (κ1) is 19.4. The van der Waals surface area contributed by atoms with E-state index >= 15 is 0 Å². The average molecular weight is 349 g/mol. The third-order valence-corrected chi connectivity index (χ3v) is 4.72. The first-order chi connectivity index (χ1) is 9.75. The number of rotatable bonds is 3. The van der Waals surface area contributed by atoms with Crippen LogP contribution in [0.25, 0.3) is 0 Å². The molecular formula is C16H26Cl2N2O2. The number of aromatic hydroxyl groups is 2. The third kappa shape index (κ3) is 4.19. The zero-order valence-corrected chi connectivity index (χ0v) is 14.3. The molecule has 0 aromatic heterocycles. The number of halogens is 2. The van der Waals surface area contributed by atoms with Crippen LogP contribution in [0, 0.1) is 5.92 Å². The van der Waals surface area contributed by atoms with Crippen LogP contribution in [-0.2, 0) is 0 Å². The normalized spacial score (nSPS) is 20.9. The Balaban J connectivity index is 0.00000121. The van der Waals surface area contributed by atoms with E-state index < -0.39 is 0 Å². The van der Waals surface area contributed by atoms with Crippen LogP contribution in [0.15, 0.2) is 18.2 Å². The van der Waals surface area contributed by atoms with Gasteiger partial charge in [-0.3, -0.25) is 4.90 Å². The molecule has 3 rings (SSSR count). The van der Waals surface area contributed by atoms with Gasteiger partial charge in [0.05, 0.1) is 0 Å². The summed E-state index contributed by atoms with van der Waals surface area (Å²) in [4.78, 5) is 2.47. The van der Waals surface area contributed by atoms with Crippen molar-refractivity contribution in [3.63, 3.8) is 0 Å². The van der Waals surface area contributed by atoms with E-state index in [1.54, 1.807) is 18.2 Å². The number of hydrogen-bond acceptors (Lipinski definition) is 4. The third-order valence-electron chi connectivity index (χ3n) is 4.72. The molecule has 1 aromatic rings. The van der Waals surface area contributed by atoms with Crippen LogP contribution in [0.3, 0.4) is 0 Å². The molecule has 3 N–H and O–H groups in total. The summed E-state index contributed by atoms with van der Waals surface area (Å²) in [5, 5.41) is 23.4. The summed E-state index contributed by atoms with van der Waals surface area (Å²) in [5.74, 6) is 1.16. The quantitative estimate of drug-likeness (QED) is 0.734. The number of phenols is 2. The lowest BCUT2D eigenvalue weighted by atomic mass is 9.89. The monoisotopic (exact) mass is 348 g/mol. The van der Waals surface area contributed by atoms with Crippen LogP contribution in [0.1, 0.15) is 37.3 Å². The van der Waals surface area contributed by atoms with Crippen LogP contribution in [0.2, 0.25) is 0 Å². The lowest BCUT2D eigenvalue weighted by Gasteiger charge is -2.38. The first-order valence-corrected chi connectivity index (χ1v) is 7.72. The smallest absolute Gasteiger partial charge is 0.120 e. The van der Waals surface area contributed by atoms with E-state index in [9.17, 15) is 10.2 Å². The molecule has 1 saturated carbocycles. The van der Waals surface area contributed by atoms with E-state index in [4.69, 9.17) is 0 Å². The van der Waals surface area contributed by atoms with Crippen molar-refractivity contribution >= 4 is 24.8 Å². The van der Waals surface area contributed by atoms with Crippen molar-refractivity contribution in [3.8, 4) is 11.5 Å². The van der Waals surface area contributed by atoms with Gasteiger partial charge in [-0.15, -0.1) is 24.8 Å². The van der Waals surface area contributed by atoms with Gasteiger partial charge in [0.1, 0.15) is 11.5 Å². The fourth-order valence-electron chi connectivity index (χ4n) is 3.76. The molecule has 2 fully saturated rings. The minimum atomic E-state index is 0. The van der Waals surface area contributed by atoms with Crippen molar-refractivity contribution in [2.24, 2.45) is 5.92 Å². The Morgan fingerprint density at radius 1 is 1.05 bits per heavy atom. The van der Waals surface area contributed by atoms with Gasteiger partial charge in [0.25, 0.3) is 0 Å². The van der Waals surface area contributed by atoms with Gasteiger partial charge in [0, 0.05) is 37.8 Å². The molecular weight excluding hydrogens is 323 g/mol. The van der Waals surface area contributed by atoms with Gasteiger partial charge in [-0.05, 0) is 37.0 Å². The van der Waals surface area contributed by atoms with Crippen molar-refractivity contribution in [2.75, 3.05) is 26.2 Å². The van der Waals surface area contributed by atoms with Gasteiger partial charge in [-0.1, -0.05) is 12.8 Å². The summed E-state index contributed by atoms with van der Waals surface area (Å²) in [6, 6.07) is 5.17. The highest BCUT2D eigenvalue weighted by molar-refractivity contribution is 5.85. The standard InChI is InChI=1S/C16H24N2O2.2ClH/c19-13-5-6-15(20)14(11-13)16(12-3-1-2-4-12)18-9-7-17-8-10-18;;/h5-6,11-12,16-17,19-20H,1-4,7-10H2;2*1H/t16-;;/m0../s1. The molecule has 0 radical (unpaired) electrons. The SMILES string of the molecule is Cl.Cl.Oc1ccc(O)c([C@H](C2CCCC2)N2CCNCC2)c1. The Kier molecular flexibility index (Phi) is 7.77. The molecule has 22 heavy (non-hydrogen) atoms. The molecule has 1 aliphatic heterocycles. The van der Waals surface area contributed by atoms with Gasteiger partial charge in [0.15, 0.2) is 0 Å². The Labute approximate surface area is 144 Å².